The minimum absolute atomic E-state index is 0.137. The van der Waals surface area contributed by atoms with E-state index in [2.05, 4.69) is 15.2 Å². The monoisotopic (exact) mass is 275 g/mol. The van der Waals surface area contributed by atoms with Crippen LogP contribution in [0.3, 0.4) is 0 Å². The normalized spacial score (nSPS) is 21.4. The van der Waals surface area contributed by atoms with Crippen LogP contribution in [0, 0.1) is 0 Å². The molecule has 2 rings (SSSR count). The summed E-state index contributed by atoms with van der Waals surface area (Å²) in [7, 11) is 1.71. The summed E-state index contributed by atoms with van der Waals surface area (Å²) in [5.41, 5.74) is 0.842. The number of hydrogen-bond donors (Lipinski definition) is 1. The Hall–Kier alpha value is -0.550. The van der Waals surface area contributed by atoms with Crippen LogP contribution < -0.4 is 10.2 Å². The summed E-state index contributed by atoms with van der Waals surface area (Å²) in [6, 6.07) is 0. The smallest absolute Gasteiger partial charge is 0.0870 e. The Kier molecular flexibility index (Phi) is 4.45. The number of halogens is 2. The average Bonchev–Trinajstić information content (AvgIpc) is 2.54. The molecule has 4 nitrogen and oxygen atoms in total. The number of pyridine rings is 1. The lowest BCUT2D eigenvalue weighted by atomic mass is 10.3. The van der Waals surface area contributed by atoms with Crippen LogP contribution in [0.25, 0.3) is 0 Å². The van der Waals surface area contributed by atoms with Crippen molar-refractivity contribution in [2.45, 2.75) is 6.10 Å². The Morgan fingerprint density at radius 3 is 2.76 bits per heavy atom. The second-order valence-corrected chi connectivity index (χ2v) is 4.77. The van der Waals surface area contributed by atoms with Crippen molar-refractivity contribution in [3.8, 4) is 0 Å². The van der Waals surface area contributed by atoms with E-state index in [0.29, 0.717) is 10.0 Å². The summed E-state index contributed by atoms with van der Waals surface area (Å²) in [6.45, 7) is 3.35. The lowest BCUT2D eigenvalue weighted by Crippen LogP contribution is -2.34. The van der Waals surface area contributed by atoms with Crippen LogP contribution in [-0.2, 0) is 4.74 Å². The molecule has 0 aromatic carbocycles. The maximum absolute atomic E-state index is 6.16. The highest BCUT2D eigenvalue weighted by Gasteiger charge is 2.21. The van der Waals surface area contributed by atoms with Gasteiger partial charge in [0.25, 0.3) is 0 Å². The van der Waals surface area contributed by atoms with Crippen molar-refractivity contribution >= 4 is 28.9 Å². The summed E-state index contributed by atoms with van der Waals surface area (Å²) >= 11 is 12.3. The molecule has 1 N–H and O–H groups in total. The van der Waals surface area contributed by atoms with Crippen molar-refractivity contribution in [3.05, 3.63) is 22.4 Å². The molecule has 2 heterocycles. The minimum Gasteiger partial charge on any atom is -0.378 e. The van der Waals surface area contributed by atoms with Crippen molar-refractivity contribution in [1.82, 2.24) is 10.3 Å². The zero-order valence-corrected chi connectivity index (χ0v) is 11.1. The highest BCUT2D eigenvalue weighted by Crippen LogP contribution is 2.32. The second-order valence-electron chi connectivity index (χ2n) is 3.96. The predicted molar refractivity (Wildman–Crippen MR) is 70.1 cm³/mol. The van der Waals surface area contributed by atoms with Crippen LogP contribution in [-0.4, -0.2) is 44.4 Å². The molecule has 1 atom stereocenters. The van der Waals surface area contributed by atoms with Gasteiger partial charge in [-0.1, -0.05) is 23.2 Å². The van der Waals surface area contributed by atoms with Gasteiger partial charge in [-0.25, -0.2) is 0 Å². The van der Waals surface area contributed by atoms with Gasteiger partial charge in [0.15, 0.2) is 0 Å². The quantitative estimate of drug-likeness (QED) is 0.894. The molecular formula is C11H15Cl2N3O. The number of hydrogen-bond acceptors (Lipinski definition) is 4. The molecule has 1 aliphatic heterocycles. The molecule has 0 amide bonds. The molecule has 94 valence electrons. The van der Waals surface area contributed by atoms with Gasteiger partial charge in [-0.05, 0) is 0 Å². The molecular weight excluding hydrogens is 261 g/mol. The average molecular weight is 276 g/mol. The fourth-order valence-electron chi connectivity index (χ4n) is 1.95. The Balaban J connectivity index is 2.25. The zero-order valence-electron chi connectivity index (χ0n) is 9.62. The maximum atomic E-state index is 6.16. The molecule has 1 aliphatic rings. The van der Waals surface area contributed by atoms with Gasteiger partial charge in [0.2, 0.25) is 0 Å². The summed E-state index contributed by atoms with van der Waals surface area (Å²) < 4.78 is 5.40. The Bertz CT molecular complexity index is 369. The molecule has 0 bridgehead atoms. The number of ether oxygens (including phenoxy) is 1. The van der Waals surface area contributed by atoms with Crippen LogP contribution in [0.5, 0.6) is 0 Å². The van der Waals surface area contributed by atoms with Crippen molar-refractivity contribution < 1.29 is 4.74 Å². The third kappa shape index (κ3) is 3.01. The van der Waals surface area contributed by atoms with E-state index in [1.165, 1.54) is 0 Å². The molecule has 1 fully saturated rings. The molecule has 1 aromatic heterocycles. The van der Waals surface area contributed by atoms with Crippen LogP contribution in [0.1, 0.15) is 0 Å². The lowest BCUT2D eigenvalue weighted by Gasteiger charge is -2.26. The number of nitrogens with one attached hydrogen (secondary N) is 1. The number of rotatable bonds is 2. The van der Waals surface area contributed by atoms with Gasteiger partial charge in [-0.3, -0.25) is 4.98 Å². The Morgan fingerprint density at radius 2 is 2.12 bits per heavy atom. The van der Waals surface area contributed by atoms with Crippen molar-refractivity contribution in [2.24, 2.45) is 0 Å². The molecule has 6 heteroatoms. The molecule has 0 saturated carbocycles. The van der Waals surface area contributed by atoms with Crippen molar-refractivity contribution in [1.29, 1.82) is 0 Å². The summed E-state index contributed by atoms with van der Waals surface area (Å²) in [5, 5.41) is 4.47. The molecule has 0 aliphatic carbocycles. The van der Waals surface area contributed by atoms with Gasteiger partial charge < -0.3 is 15.0 Å². The molecule has 0 radical (unpaired) electrons. The molecule has 0 spiro atoms. The van der Waals surface area contributed by atoms with E-state index in [1.54, 1.807) is 19.5 Å². The van der Waals surface area contributed by atoms with E-state index in [-0.39, 0.29) is 6.10 Å². The number of nitrogens with zero attached hydrogens (tertiary/aromatic N) is 2. The first-order valence-corrected chi connectivity index (χ1v) is 6.25. The molecule has 1 aromatic rings. The number of methoxy groups -OCH3 is 1. The standard InChI is InChI=1S/C11H15Cl2N3O/c1-17-8-4-14-2-3-16(7-8)11-9(12)5-15-6-10(11)13/h5-6,8,14H,2-4,7H2,1H3. The summed E-state index contributed by atoms with van der Waals surface area (Å²) in [5.74, 6) is 0. The fourth-order valence-corrected chi connectivity index (χ4v) is 2.55. The highest BCUT2D eigenvalue weighted by molar-refractivity contribution is 6.38. The predicted octanol–water partition coefficient (Wildman–Crippen LogP) is 1.81. The fraction of sp³-hybridized carbons (Fsp3) is 0.545. The maximum Gasteiger partial charge on any atom is 0.0870 e. The van der Waals surface area contributed by atoms with Gasteiger partial charge in [0, 0.05) is 45.7 Å². The van der Waals surface area contributed by atoms with Crippen LogP contribution in [0.2, 0.25) is 10.0 Å². The SMILES string of the molecule is COC1CNCCN(c2c(Cl)cncc2Cl)C1. The Morgan fingerprint density at radius 1 is 1.41 bits per heavy atom. The van der Waals surface area contributed by atoms with Crippen molar-refractivity contribution in [3.63, 3.8) is 0 Å². The number of anilines is 1. The van der Waals surface area contributed by atoms with Gasteiger partial charge in [0.05, 0.1) is 21.8 Å². The van der Waals surface area contributed by atoms with Gasteiger partial charge >= 0.3 is 0 Å². The Labute approximate surface area is 111 Å². The van der Waals surface area contributed by atoms with E-state index in [1.807, 2.05) is 0 Å². The molecule has 1 unspecified atom stereocenters. The van der Waals surface area contributed by atoms with Gasteiger partial charge in [-0.15, -0.1) is 0 Å². The van der Waals surface area contributed by atoms with Crippen LogP contribution in [0.4, 0.5) is 5.69 Å². The highest BCUT2D eigenvalue weighted by atomic mass is 35.5. The van der Waals surface area contributed by atoms with E-state index < -0.39 is 0 Å². The van der Waals surface area contributed by atoms with E-state index >= 15 is 0 Å². The van der Waals surface area contributed by atoms with Crippen molar-refractivity contribution in [2.75, 3.05) is 38.2 Å². The second kappa shape index (κ2) is 5.87. The minimum atomic E-state index is 0.137. The van der Waals surface area contributed by atoms with Gasteiger partial charge in [0.1, 0.15) is 0 Å². The van der Waals surface area contributed by atoms with E-state index in [0.717, 1.165) is 31.9 Å². The number of aromatic nitrogens is 1. The topological polar surface area (TPSA) is 37.4 Å². The third-order valence-corrected chi connectivity index (χ3v) is 3.39. The summed E-state index contributed by atoms with van der Waals surface area (Å²) in [6.07, 6.45) is 3.36. The molecule has 1 saturated heterocycles. The third-order valence-electron chi connectivity index (χ3n) is 2.83. The first-order chi connectivity index (χ1) is 8.22. The first kappa shape index (κ1) is 12.9. The molecule has 17 heavy (non-hydrogen) atoms. The zero-order chi connectivity index (χ0) is 12.3. The first-order valence-electron chi connectivity index (χ1n) is 5.50. The van der Waals surface area contributed by atoms with Crippen LogP contribution >= 0.6 is 23.2 Å². The van der Waals surface area contributed by atoms with E-state index in [4.69, 9.17) is 27.9 Å². The van der Waals surface area contributed by atoms with Crippen LogP contribution in [0.15, 0.2) is 12.4 Å². The lowest BCUT2D eigenvalue weighted by molar-refractivity contribution is 0.112. The van der Waals surface area contributed by atoms with E-state index in [9.17, 15) is 0 Å². The summed E-state index contributed by atoms with van der Waals surface area (Å²) in [4.78, 5) is 6.10. The largest absolute Gasteiger partial charge is 0.378 e. The van der Waals surface area contributed by atoms with Gasteiger partial charge in [-0.2, -0.15) is 0 Å².